The Labute approximate surface area is 134 Å². The van der Waals surface area contributed by atoms with Crippen molar-refractivity contribution < 1.29 is 4.79 Å². The molecule has 2 atom stereocenters. The summed E-state index contributed by atoms with van der Waals surface area (Å²) in [4.78, 5) is 12.5. The maximum absolute atomic E-state index is 12.5. The highest BCUT2D eigenvalue weighted by molar-refractivity contribution is 6.30. The number of hydrazine groups is 1. The van der Waals surface area contributed by atoms with E-state index in [2.05, 4.69) is 16.2 Å². The zero-order chi connectivity index (χ0) is 15.4. The van der Waals surface area contributed by atoms with E-state index in [1.54, 1.807) is 0 Å². The largest absolute Gasteiger partial charge is 0.352 e. The Balaban J connectivity index is 1.66. The van der Waals surface area contributed by atoms with E-state index < -0.39 is 0 Å². The third-order valence-electron chi connectivity index (χ3n) is 3.84. The Hall–Kier alpha value is -1.88. The summed E-state index contributed by atoms with van der Waals surface area (Å²) in [5.74, 6) is -0.131. The van der Waals surface area contributed by atoms with Crippen LogP contribution in [-0.2, 0) is 11.3 Å². The van der Waals surface area contributed by atoms with E-state index in [0.717, 1.165) is 11.1 Å². The highest BCUT2D eigenvalue weighted by Crippen LogP contribution is 2.26. The summed E-state index contributed by atoms with van der Waals surface area (Å²) in [5, 5.41) is 3.68. The van der Waals surface area contributed by atoms with Gasteiger partial charge in [-0.1, -0.05) is 54.1 Å². The first kappa shape index (κ1) is 15.0. The molecule has 1 amide bonds. The predicted molar refractivity (Wildman–Crippen MR) is 87.1 cm³/mol. The first-order chi connectivity index (χ1) is 10.7. The average molecular weight is 316 g/mol. The second-order valence-electron chi connectivity index (χ2n) is 5.37. The van der Waals surface area contributed by atoms with Gasteiger partial charge in [0.25, 0.3) is 0 Å². The van der Waals surface area contributed by atoms with Crippen LogP contribution < -0.4 is 16.2 Å². The topological polar surface area (TPSA) is 53.2 Å². The Morgan fingerprint density at radius 2 is 2.00 bits per heavy atom. The number of rotatable bonds is 4. The van der Waals surface area contributed by atoms with Crippen LogP contribution in [-0.4, -0.2) is 12.5 Å². The van der Waals surface area contributed by atoms with Crippen molar-refractivity contribution in [3.63, 3.8) is 0 Å². The van der Waals surface area contributed by atoms with E-state index in [0.29, 0.717) is 18.1 Å². The lowest BCUT2D eigenvalue weighted by Gasteiger charge is -2.18. The molecule has 1 aliphatic rings. The Morgan fingerprint density at radius 1 is 1.18 bits per heavy atom. The molecule has 2 unspecified atom stereocenters. The third kappa shape index (κ3) is 3.47. The molecule has 0 aliphatic carbocycles. The number of halogens is 1. The molecule has 2 aromatic rings. The van der Waals surface area contributed by atoms with Gasteiger partial charge in [-0.25, -0.2) is 5.43 Å². The van der Waals surface area contributed by atoms with E-state index in [4.69, 9.17) is 11.6 Å². The van der Waals surface area contributed by atoms with Crippen molar-refractivity contribution >= 4 is 17.5 Å². The number of hydrogen-bond acceptors (Lipinski definition) is 3. The molecule has 2 aromatic carbocycles. The smallest absolute Gasteiger partial charge is 0.226 e. The van der Waals surface area contributed by atoms with Crippen molar-refractivity contribution in [1.29, 1.82) is 0 Å². The van der Waals surface area contributed by atoms with E-state index >= 15 is 0 Å². The molecule has 0 radical (unpaired) electrons. The van der Waals surface area contributed by atoms with Gasteiger partial charge in [0.2, 0.25) is 5.91 Å². The molecule has 1 fully saturated rings. The highest BCUT2D eigenvalue weighted by atomic mass is 35.5. The Kier molecular flexibility index (Phi) is 4.73. The SMILES string of the molecule is O=C(NCc1ccccc1)C1CNNC1c1cccc(Cl)c1. The van der Waals surface area contributed by atoms with E-state index in [1.807, 2.05) is 54.6 Å². The van der Waals surface area contributed by atoms with Crippen LogP contribution in [0, 0.1) is 5.92 Å². The number of carbonyl (C=O) groups is 1. The molecule has 1 heterocycles. The highest BCUT2D eigenvalue weighted by Gasteiger charge is 2.33. The molecule has 22 heavy (non-hydrogen) atoms. The predicted octanol–water partition coefficient (Wildman–Crippen LogP) is 2.42. The van der Waals surface area contributed by atoms with Crippen LogP contribution in [0.25, 0.3) is 0 Å². The molecule has 0 saturated carbocycles. The van der Waals surface area contributed by atoms with Crippen LogP contribution in [0.3, 0.4) is 0 Å². The molecule has 4 nitrogen and oxygen atoms in total. The molecule has 0 bridgehead atoms. The van der Waals surface area contributed by atoms with Crippen molar-refractivity contribution in [3.8, 4) is 0 Å². The fourth-order valence-corrected chi connectivity index (χ4v) is 2.87. The number of amides is 1. The summed E-state index contributed by atoms with van der Waals surface area (Å²) in [7, 11) is 0. The molecule has 3 N–H and O–H groups in total. The number of nitrogens with one attached hydrogen (secondary N) is 3. The van der Waals surface area contributed by atoms with Gasteiger partial charge in [0.15, 0.2) is 0 Å². The minimum atomic E-state index is -0.165. The Bertz CT molecular complexity index is 647. The van der Waals surface area contributed by atoms with Gasteiger partial charge < -0.3 is 5.32 Å². The standard InChI is InChI=1S/C17H18ClN3O/c18-14-8-4-7-13(9-14)16-15(11-20-21-16)17(22)19-10-12-5-2-1-3-6-12/h1-9,15-16,20-21H,10-11H2,(H,19,22). The van der Waals surface area contributed by atoms with Crippen molar-refractivity contribution in [2.24, 2.45) is 5.92 Å². The molecule has 0 aromatic heterocycles. The number of hydrogen-bond donors (Lipinski definition) is 3. The summed E-state index contributed by atoms with van der Waals surface area (Å²) >= 11 is 6.04. The second kappa shape index (κ2) is 6.92. The lowest BCUT2D eigenvalue weighted by molar-refractivity contribution is -0.125. The normalized spacial score (nSPS) is 20.8. The lowest BCUT2D eigenvalue weighted by atomic mass is 9.94. The molecule has 1 saturated heterocycles. The second-order valence-corrected chi connectivity index (χ2v) is 5.80. The van der Waals surface area contributed by atoms with E-state index in [9.17, 15) is 4.79 Å². The Morgan fingerprint density at radius 3 is 2.77 bits per heavy atom. The zero-order valence-corrected chi connectivity index (χ0v) is 12.8. The van der Waals surface area contributed by atoms with Crippen molar-refractivity contribution in [3.05, 3.63) is 70.7 Å². The van der Waals surface area contributed by atoms with Gasteiger partial charge in [0.1, 0.15) is 0 Å². The van der Waals surface area contributed by atoms with Gasteiger partial charge in [-0.2, -0.15) is 0 Å². The molecular weight excluding hydrogens is 298 g/mol. The summed E-state index contributed by atoms with van der Waals surface area (Å²) in [6.07, 6.45) is 0. The van der Waals surface area contributed by atoms with Gasteiger partial charge in [-0.3, -0.25) is 10.2 Å². The maximum Gasteiger partial charge on any atom is 0.226 e. The first-order valence-corrected chi connectivity index (χ1v) is 7.67. The number of carbonyl (C=O) groups excluding carboxylic acids is 1. The van der Waals surface area contributed by atoms with Crippen molar-refractivity contribution in [2.45, 2.75) is 12.6 Å². The monoisotopic (exact) mass is 315 g/mol. The molecular formula is C17H18ClN3O. The molecule has 1 aliphatic heterocycles. The van der Waals surface area contributed by atoms with Crippen LogP contribution in [0.1, 0.15) is 17.2 Å². The molecule has 3 rings (SSSR count). The van der Waals surface area contributed by atoms with Gasteiger partial charge in [0, 0.05) is 18.1 Å². The van der Waals surface area contributed by atoms with Gasteiger partial charge in [-0.15, -0.1) is 0 Å². The van der Waals surface area contributed by atoms with Crippen LogP contribution in [0.4, 0.5) is 0 Å². The van der Waals surface area contributed by atoms with Crippen molar-refractivity contribution in [1.82, 2.24) is 16.2 Å². The maximum atomic E-state index is 12.5. The van der Waals surface area contributed by atoms with Gasteiger partial charge in [0.05, 0.1) is 12.0 Å². The minimum absolute atomic E-state index is 0.0336. The zero-order valence-electron chi connectivity index (χ0n) is 12.1. The van der Waals surface area contributed by atoms with Crippen LogP contribution >= 0.6 is 11.6 Å². The van der Waals surface area contributed by atoms with Crippen LogP contribution in [0.2, 0.25) is 5.02 Å². The molecule has 0 spiro atoms. The lowest BCUT2D eigenvalue weighted by Crippen LogP contribution is -2.34. The minimum Gasteiger partial charge on any atom is -0.352 e. The summed E-state index contributed by atoms with van der Waals surface area (Å²) in [5.41, 5.74) is 8.33. The van der Waals surface area contributed by atoms with Gasteiger partial charge in [-0.05, 0) is 23.3 Å². The van der Waals surface area contributed by atoms with E-state index in [1.165, 1.54) is 0 Å². The molecule has 114 valence electrons. The summed E-state index contributed by atoms with van der Waals surface area (Å²) in [6, 6.07) is 17.4. The first-order valence-electron chi connectivity index (χ1n) is 7.29. The van der Waals surface area contributed by atoms with Gasteiger partial charge >= 0.3 is 0 Å². The van der Waals surface area contributed by atoms with Crippen LogP contribution in [0.5, 0.6) is 0 Å². The quantitative estimate of drug-likeness (QED) is 0.812. The fraction of sp³-hybridized carbons (Fsp3) is 0.235. The van der Waals surface area contributed by atoms with Crippen LogP contribution in [0.15, 0.2) is 54.6 Å². The third-order valence-corrected chi connectivity index (χ3v) is 4.07. The number of benzene rings is 2. The summed E-state index contributed by atoms with van der Waals surface area (Å²) in [6.45, 7) is 1.14. The van der Waals surface area contributed by atoms with Crippen molar-refractivity contribution in [2.75, 3.05) is 6.54 Å². The summed E-state index contributed by atoms with van der Waals surface area (Å²) < 4.78 is 0. The molecule has 5 heteroatoms. The average Bonchev–Trinajstić information content (AvgIpc) is 3.03. The van der Waals surface area contributed by atoms with E-state index in [-0.39, 0.29) is 17.9 Å². The fourth-order valence-electron chi connectivity index (χ4n) is 2.67.